The van der Waals surface area contributed by atoms with Gasteiger partial charge in [-0.3, -0.25) is 14.0 Å². The van der Waals surface area contributed by atoms with Crippen LogP contribution in [0.5, 0.6) is 0 Å². The van der Waals surface area contributed by atoms with Gasteiger partial charge in [0.25, 0.3) is 5.56 Å². The Labute approximate surface area is 155 Å². The van der Waals surface area contributed by atoms with Gasteiger partial charge in [-0.2, -0.15) is 0 Å². The van der Waals surface area contributed by atoms with Crippen molar-refractivity contribution < 1.29 is 10.0 Å². The third-order valence-electron chi connectivity index (χ3n) is 5.27. The molecule has 0 saturated heterocycles. The van der Waals surface area contributed by atoms with Crippen molar-refractivity contribution in [3.8, 4) is 0 Å². The number of carbonyl (C=O) groups excluding carboxylic acids is 1. The van der Waals surface area contributed by atoms with E-state index in [2.05, 4.69) is 10.1 Å². The molecule has 1 aliphatic rings. The smallest absolute Gasteiger partial charge is 0.277 e. The Morgan fingerprint density at radius 3 is 2.48 bits per heavy atom. The first-order valence-corrected chi connectivity index (χ1v) is 9.22. The zero-order chi connectivity index (χ0) is 19.3. The van der Waals surface area contributed by atoms with Crippen LogP contribution in [0.1, 0.15) is 45.3 Å². The second-order valence-electron chi connectivity index (χ2n) is 7.45. The van der Waals surface area contributed by atoms with Crippen LogP contribution in [-0.4, -0.2) is 30.7 Å². The van der Waals surface area contributed by atoms with Gasteiger partial charge >= 0.3 is 0 Å². The fourth-order valence-corrected chi connectivity index (χ4v) is 3.73. The third-order valence-corrected chi connectivity index (χ3v) is 5.27. The number of aromatic nitrogens is 3. The molecule has 0 radical (unpaired) electrons. The van der Waals surface area contributed by atoms with Gasteiger partial charge in [0.05, 0.1) is 17.0 Å². The molecule has 1 aromatic carbocycles. The van der Waals surface area contributed by atoms with Crippen LogP contribution in [-0.2, 0) is 4.79 Å². The molecule has 140 valence electrons. The molecule has 0 bridgehead atoms. The minimum atomic E-state index is -0.612. The van der Waals surface area contributed by atoms with Crippen LogP contribution in [0.3, 0.4) is 0 Å². The molecule has 4 rings (SSSR count). The van der Waals surface area contributed by atoms with Crippen molar-refractivity contribution in [2.24, 2.45) is 17.0 Å². The van der Waals surface area contributed by atoms with E-state index in [-0.39, 0.29) is 34.7 Å². The summed E-state index contributed by atoms with van der Waals surface area (Å²) in [6, 6.07) is 7.55. The predicted molar refractivity (Wildman–Crippen MR) is 103 cm³/mol. The SMILES string of the molecule is CC(C(=O)C1CC1)C(=NO)c1ncn2c1c(=O)n(C(C)C)c1ccccc12. The van der Waals surface area contributed by atoms with E-state index < -0.39 is 5.92 Å². The van der Waals surface area contributed by atoms with Gasteiger partial charge in [0.1, 0.15) is 29.0 Å². The summed E-state index contributed by atoms with van der Waals surface area (Å²) in [5.74, 6) is -0.549. The molecule has 0 amide bonds. The van der Waals surface area contributed by atoms with E-state index >= 15 is 0 Å². The second kappa shape index (κ2) is 6.33. The Morgan fingerprint density at radius 1 is 1.22 bits per heavy atom. The number of benzene rings is 1. The number of nitrogens with zero attached hydrogens (tertiary/aromatic N) is 4. The number of imidazole rings is 1. The first-order chi connectivity index (χ1) is 13.0. The topological polar surface area (TPSA) is 89.0 Å². The highest BCUT2D eigenvalue weighted by atomic mass is 16.4. The van der Waals surface area contributed by atoms with E-state index in [1.54, 1.807) is 22.2 Å². The number of hydrogen-bond donors (Lipinski definition) is 1. The van der Waals surface area contributed by atoms with Gasteiger partial charge in [-0.25, -0.2) is 4.98 Å². The molecule has 7 heteroatoms. The van der Waals surface area contributed by atoms with E-state index in [0.29, 0.717) is 5.52 Å². The molecule has 1 aliphatic carbocycles. The van der Waals surface area contributed by atoms with Crippen LogP contribution in [0, 0.1) is 11.8 Å². The molecule has 3 aromatic rings. The van der Waals surface area contributed by atoms with Crippen LogP contribution in [0.2, 0.25) is 0 Å². The Morgan fingerprint density at radius 2 is 1.89 bits per heavy atom. The largest absolute Gasteiger partial charge is 0.411 e. The van der Waals surface area contributed by atoms with Crippen molar-refractivity contribution in [2.75, 3.05) is 0 Å². The van der Waals surface area contributed by atoms with Gasteiger partial charge < -0.3 is 9.77 Å². The summed E-state index contributed by atoms with van der Waals surface area (Å²) in [6.07, 6.45) is 3.30. The van der Waals surface area contributed by atoms with Crippen molar-refractivity contribution in [3.05, 3.63) is 46.6 Å². The molecule has 1 fully saturated rings. The van der Waals surface area contributed by atoms with E-state index in [0.717, 1.165) is 23.9 Å². The number of para-hydroxylation sites is 2. The first kappa shape index (κ1) is 17.5. The molecular formula is C20H22N4O3. The molecule has 0 aliphatic heterocycles. The van der Waals surface area contributed by atoms with Gasteiger partial charge in [0, 0.05) is 12.0 Å². The Hall–Kier alpha value is -2.96. The maximum absolute atomic E-state index is 13.3. The molecule has 1 saturated carbocycles. The van der Waals surface area contributed by atoms with E-state index in [4.69, 9.17) is 0 Å². The lowest BCUT2D eigenvalue weighted by Gasteiger charge is -2.16. The minimum Gasteiger partial charge on any atom is -0.411 e. The van der Waals surface area contributed by atoms with E-state index in [9.17, 15) is 14.8 Å². The van der Waals surface area contributed by atoms with E-state index in [1.165, 1.54) is 0 Å². The number of rotatable bonds is 5. The predicted octanol–water partition coefficient (Wildman–Crippen LogP) is 3.02. The molecule has 2 heterocycles. The number of fused-ring (bicyclic) bond motifs is 3. The number of carbonyl (C=O) groups is 1. The van der Waals surface area contributed by atoms with Crippen molar-refractivity contribution in [1.82, 2.24) is 14.0 Å². The molecule has 0 spiro atoms. The van der Waals surface area contributed by atoms with Crippen molar-refractivity contribution in [2.45, 2.75) is 39.7 Å². The first-order valence-electron chi connectivity index (χ1n) is 9.22. The quantitative estimate of drug-likeness (QED) is 0.427. The standard InChI is InChI=1S/C20H22N4O3/c1-11(2)24-15-7-5-4-6-14(15)23-10-21-17(18(23)20(24)26)16(22-27)12(3)19(25)13-8-9-13/h4-7,10-13,27H,8-9H2,1-3H3. The molecule has 27 heavy (non-hydrogen) atoms. The van der Waals surface area contributed by atoms with Crippen LogP contribution >= 0.6 is 0 Å². The lowest BCUT2D eigenvalue weighted by Crippen LogP contribution is -2.28. The third kappa shape index (κ3) is 2.65. The van der Waals surface area contributed by atoms with Crippen molar-refractivity contribution in [1.29, 1.82) is 0 Å². The van der Waals surface area contributed by atoms with Crippen molar-refractivity contribution in [3.63, 3.8) is 0 Å². The molecule has 1 atom stereocenters. The fourth-order valence-electron chi connectivity index (χ4n) is 3.73. The average Bonchev–Trinajstić information content (AvgIpc) is 3.41. The Balaban J connectivity index is 2.00. The van der Waals surface area contributed by atoms with E-state index in [1.807, 2.05) is 38.1 Å². The van der Waals surface area contributed by atoms with Crippen LogP contribution in [0.4, 0.5) is 0 Å². The fraction of sp³-hybridized carbons (Fsp3) is 0.400. The number of oxime groups is 1. The maximum Gasteiger partial charge on any atom is 0.277 e. The molecule has 7 nitrogen and oxygen atoms in total. The molecule has 1 unspecified atom stereocenters. The van der Waals surface area contributed by atoms with Crippen LogP contribution in [0.15, 0.2) is 40.5 Å². The number of hydrogen-bond acceptors (Lipinski definition) is 5. The summed E-state index contributed by atoms with van der Waals surface area (Å²) < 4.78 is 3.42. The maximum atomic E-state index is 13.3. The Kier molecular flexibility index (Phi) is 4.09. The summed E-state index contributed by atoms with van der Waals surface area (Å²) in [5.41, 5.74) is 2.16. The van der Waals surface area contributed by atoms with Crippen LogP contribution in [0.25, 0.3) is 16.6 Å². The summed E-state index contributed by atoms with van der Waals surface area (Å²) >= 11 is 0. The number of ketones is 1. The molecule has 2 aromatic heterocycles. The van der Waals surface area contributed by atoms with Gasteiger partial charge in [0.2, 0.25) is 0 Å². The van der Waals surface area contributed by atoms with Gasteiger partial charge in [-0.1, -0.05) is 17.3 Å². The highest BCUT2D eigenvalue weighted by Gasteiger charge is 2.36. The normalized spacial score (nSPS) is 16.4. The highest BCUT2D eigenvalue weighted by Crippen LogP contribution is 2.33. The summed E-state index contributed by atoms with van der Waals surface area (Å²) in [6.45, 7) is 5.60. The zero-order valence-electron chi connectivity index (χ0n) is 15.6. The lowest BCUT2D eigenvalue weighted by molar-refractivity contribution is -0.121. The van der Waals surface area contributed by atoms with Crippen LogP contribution < -0.4 is 5.56 Å². The second-order valence-corrected chi connectivity index (χ2v) is 7.45. The monoisotopic (exact) mass is 366 g/mol. The summed E-state index contributed by atoms with van der Waals surface area (Å²) in [7, 11) is 0. The highest BCUT2D eigenvalue weighted by molar-refractivity contribution is 6.16. The van der Waals surface area contributed by atoms with Crippen molar-refractivity contribution >= 4 is 28.0 Å². The average molecular weight is 366 g/mol. The van der Waals surface area contributed by atoms with Gasteiger partial charge in [0.15, 0.2) is 0 Å². The summed E-state index contributed by atoms with van der Waals surface area (Å²) in [4.78, 5) is 30.2. The van der Waals surface area contributed by atoms with Gasteiger partial charge in [-0.15, -0.1) is 0 Å². The van der Waals surface area contributed by atoms with Gasteiger partial charge in [-0.05, 0) is 45.7 Å². The lowest BCUT2D eigenvalue weighted by atomic mass is 9.95. The Bertz CT molecular complexity index is 1140. The zero-order valence-corrected chi connectivity index (χ0v) is 15.6. The number of Topliss-reactive ketones (excluding diaryl/α,β-unsaturated/α-hetero) is 1. The molecular weight excluding hydrogens is 344 g/mol. The minimum absolute atomic E-state index is 0.0266. The molecule has 1 N–H and O–H groups in total. The summed E-state index contributed by atoms with van der Waals surface area (Å²) in [5, 5.41) is 13.0.